The Hall–Kier alpha value is -0.660. The highest BCUT2D eigenvalue weighted by molar-refractivity contribution is 7.89. The Morgan fingerprint density at radius 3 is 2.37 bits per heavy atom. The fourth-order valence-electron chi connectivity index (χ4n) is 3.24. The van der Waals surface area contributed by atoms with Crippen LogP contribution in [0.2, 0.25) is 0 Å². The fraction of sp³-hybridized carbons (Fsp3) is 0.917. The molecule has 0 aromatic heterocycles. The van der Waals surface area contributed by atoms with E-state index in [4.69, 9.17) is 0 Å². The molecule has 0 radical (unpaired) electrons. The highest BCUT2D eigenvalue weighted by Gasteiger charge is 2.39. The zero-order chi connectivity index (χ0) is 14.0. The van der Waals surface area contributed by atoms with E-state index in [1.54, 1.807) is 0 Å². The maximum atomic E-state index is 12.3. The Kier molecular flexibility index (Phi) is 4.47. The van der Waals surface area contributed by atoms with Crippen LogP contribution in [0.5, 0.6) is 0 Å². The van der Waals surface area contributed by atoms with Crippen LogP contribution in [-0.2, 0) is 19.6 Å². The van der Waals surface area contributed by atoms with Gasteiger partial charge < -0.3 is 10.1 Å². The highest BCUT2D eigenvalue weighted by Crippen LogP contribution is 2.30. The first-order valence-corrected chi connectivity index (χ1v) is 8.39. The van der Waals surface area contributed by atoms with Gasteiger partial charge in [-0.1, -0.05) is 6.92 Å². The summed E-state index contributed by atoms with van der Waals surface area (Å²) < 4.78 is 30.5. The van der Waals surface area contributed by atoms with Crippen molar-refractivity contribution in [3.05, 3.63) is 0 Å². The smallest absolute Gasteiger partial charge is 0.322 e. The standard InChI is InChI=1S/C12H22N2O4S/c1-3-14(19(16,17)8-12(15)18-2)11-6-9-4-5-10(7-11)13-9/h9-11,13H,3-8H2,1-2H3. The molecule has 1 N–H and O–H groups in total. The zero-order valence-electron chi connectivity index (χ0n) is 11.5. The summed E-state index contributed by atoms with van der Waals surface area (Å²) in [5, 5.41) is 3.49. The van der Waals surface area contributed by atoms with Crippen molar-refractivity contribution < 1.29 is 17.9 Å². The number of sulfonamides is 1. The highest BCUT2D eigenvalue weighted by atomic mass is 32.2. The van der Waals surface area contributed by atoms with Crippen molar-refractivity contribution in [2.45, 2.75) is 50.7 Å². The number of piperidine rings is 1. The second-order valence-electron chi connectivity index (χ2n) is 5.30. The van der Waals surface area contributed by atoms with Crippen LogP contribution < -0.4 is 5.32 Å². The fourth-order valence-corrected chi connectivity index (χ4v) is 4.84. The van der Waals surface area contributed by atoms with Crippen LogP contribution in [0.15, 0.2) is 0 Å². The Balaban J connectivity index is 2.09. The molecule has 19 heavy (non-hydrogen) atoms. The number of rotatable bonds is 5. The largest absolute Gasteiger partial charge is 0.468 e. The molecule has 2 heterocycles. The third-order valence-corrected chi connectivity index (χ3v) is 5.92. The number of carbonyl (C=O) groups excluding carboxylic acids is 1. The van der Waals surface area contributed by atoms with E-state index >= 15 is 0 Å². The quantitative estimate of drug-likeness (QED) is 0.727. The van der Waals surface area contributed by atoms with Gasteiger partial charge in [-0.2, -0.15) is 4.31 Å². The van der Waals surface area contributed by atoms with Crippen LogP contribution in [0.1, 0.15) is 32.6 Å². The third-order valence-electron chi connectivity index (χ3n) is 4.05. The van der Waals surface area contributed by atoms with Crippen LogP contribution in [-0.4, -0.2) is 56.2 Å². The summed E-state index contributed by atoms with van der Waals surface area (Å²) in [5.74, 6) is -1.26. The molecule has 2 aliphatic heterocycles. The van der Waals surface area contributed by atoms with Gasteiger partial charge in [0, 0.05) is 24.7 Å². The van der Waals surface area contributed by atoms with Gasteiger partial charge in [-0.3, -0.25) is 4.79 Å². The molecular formula is C12H22N2O4S. The van der Waals surface area contributed by atoms with E-state index in [1.165, 1.54) is 11.4 Å². The molecule has 2 rings (SSSR count). The molecule has 2 unspecified atom stereocenters. The van der Waals surface area contributed by atoms with E-state index in [1.807, 2.05) is 6.92 Å². The number of methoxy groups -OCH3 is 1. The normalized spacial score (nSPS) is 30.6. The molecule has 2 aliphatic rings. The maximum absolute atomic E-state index is 12.3. The predicted octanol–water partition coefficient (Wildman–Crippen LogP) is 0.0941. The van der Waals surface area contributed by atoms with Gasteiger partial charge in [-0.15, -0.1) is 0 Å². The van der Waals surface area contributed by atoms with Crippen molar-refractivity contribution in [2.24, 2.45) is 0 Å². The van der Waals surface area contributed by atoms with Crippen LogP contribution in [0.25, 0.3) is 0 Å². The van der Waals surface area contributed by atoms with Gasteiger partial charge in [0.1, 0.15) is 0 Å². The average Bonchev–Trinajstić information content (AvgIpc) is 2.68. The molecule has 110 valence electrons. The van der Waals surface area contributed by atoms with Crippen LogP contribution >= 0.6 is 0 Å². The summed E-state index contributed by atoms with van der Waals surface area (Å²) in [7, 11) is -2.36. The van der Waals surface area contributed by atoms with Crippen molar-refractivity contribution in [1.29, 1.82) is 0 Å². The van der Waals surface area contributed by atoms with Gasteiger partial charge in [0.05, 0.1) is 7.11 Å². The minimum atomic E-state index is -3.57. The predicted molar refractivity (Wildman–Crippen MR) is 71.2 cm³/mol. The van der Waals surface area contributed by atoms with Crippen LogP contribution in [0, 0.1) is 0 Å². The number of fused-ring (bicyclic) bond motifs is 2. The van der Waals surface area contributed by atoms with Gasteiger partial charge in [0.25, 0.3) is 0 Å². The first-order valence-electron chi connectivity index (χ1n) is 6.78. The number of carbonyl (C=O) groups is 1. The second kappa shape index (κ2) is 5.76. The van der Waals surface area contributed by atoms with Crippen LogP contribution in [0.4, 0.5) is 0 Å². The van der Waals surface area contributed by atoms with Gasteiger partial charge >= 0.3 is 5.97 Å². The molecule has 0 aliphatic carbocycles. The van der Waals surface area contributed by atoms with Crippen LogP contribution in [0.3, 0.4) is 0 Å². The van der Waals surface area contributed by atoms with E-state index in [9.17, 15) is 13.2 Å². The number of hydrogen-bond acceptors (Lipinski definition) is 5. The summed E-state index contributed by atoms with van der Waals surface area (Å²) in [6, 6.07) is 0.857. The van der Waals surface area contributed by atoms with E-state index in [-0.39, 0.29) is 6.04 Å². The summed E-state index contributed by atoms with van der Waals surface area (Å²) in [6.45, 7) is 2.22. The lowest BCUT2D eigenvalue weighted by atomic mass is 10.00. The summed E-state index contributed by atoms with van der Waals surface area (Å²) in [6.07, 6.45) is 3.92. The Labute approximate surface area is 114 Å². The molecule has 0 spiro atoms. The van der Waals surface area contributed by atoms with E-state index in [2.05, 4.69) is 10.1 Å². The number of ether oxygens (including phenoxy) is 1. The molecule has 6 nitrogen and oxygen atoms in total. The Bertz CT molecular complexity index is 425. The molecule has 0 amide bonds. The molecule has 0 aromatic carbocycles. The van der Waals surface area contributed by atoms with E-state index in [0.717, 1.165) is 25.7 Å². The van der Waals surface area contributed by atoms with Gasteiger partial charge in [0.2, 0.25) is 10.0 Å². The summed E-state index contributed by atoms with van der Waals surface area (Å²) in [5.41, 5.74) is 0. The SMILES string of the molecule is CCN(C1CC2CCC(C1)N2)S(=O)(=O)CC(=O)OC. The second-order valence-corrected chi connectivity index (χ2v) is 7.22. The first-order chi connectivity index (χ1) is 8.96. The zero-order valence-corrected chi connectivity index (χ0v) is 12.3. The Morgan fingerprint density at radius 2 is 1.89 bits per heavy atom. The van der Waals surface area contributed by atoms with Crippen molar-refractivity contribution >= 4 is 16.0 Å². The molecule has 2 saturated heterocycles. The first kappa shape index (κ1) is 14.7. The maximum Gasteiger partial charge on any atom is 0.322 e. The minimum absolute atomic E-state index is 0.0124. The lowest BCUT2D eigenvalue weighted by Gasteiger charge is -2.36. The van der Waals surface area contributed by atoms with Gasteiger partial charge in [0.15, 0.2) is 5.75 Å². The lowest BCUT2D eigenvalue weighted by molar-refractivity contribution is -0.137. The van der Waals surface area contributed by atoms with E-state index < -0.39 is 21.7 Å². The van der Waals surface area contributed by atoms with Crippen molar-refractivity contribution in [1.82, 2.24) is 9.62 Å². The molecule has 0 aromatic rings. The summed E-state index contributed by atoms with van der Waals surface area (Å²) >= 11 is 0. The topological polar surface area (TPSA) is 75.7 Å². The molecular weight excluding hydrogens is 268 g/mol. The molecule has 0 saturated carbocycles. The number of nitrogens with one attached hydrogen (secondary N) is 1. The van der Waals surface area contributed by atoms with Crippen molar-refractivity contribution in [3.8, 4) is 0 Å². The molecule has 2 bridgehead atoms. The summed E-state index contributed by atoms with van der Waals surface area (Å²) in [4.78, 5) is 11.2. The lowest BCUT2D eigenvalue weighted by Crippen LogP contribution is -2.51. The third kappa shape index (κ3) is 3.27. The monoisotopic (exact) mass is 290 g/mol. The average molecular weight is 290 g/mol. The number of hydrogen-bond donors (Lipinski definition) is 1. The van der Waals surface area contributed by atoms with Gasteiger partial charge in [-0.05, 0) is 25.7 Å². The minimum Gasteiger partial charge on any atom is -0.468 e. The van der Waals surface area contributed by atoms with E-state index in [0.29, 0.717) is 18.6 Å². The number of nitrogens with zero attached hydrogens (tertiary/aromatic N) is 1. The molecule has 2 atom stereocenters. The molecule has 7 heteroatoms. The van der Waals surface area contributed by atoms with Crippen molar-refractivity contribution in [3.63, 3.8) is 0 Å². The van der Waals surface area contributed by atoms with Crippen molar-refractivity contribution in [2.75, 3.05) is 19.4 Å². The number of esters is 1. The van der Waals surface area contributed by atoms with Gasteiger partial charge in [-0.25, -0.2) is 8.42 Å². The molecule has 2 fully saturated rings. The Morgan fingerprint density at radius 1 is 1.32 bits per heavy atom.